The van der Waals surface area contributed by atoms with E-state index in [0.717, 1.165) is 23.0 Å². The maximum atomic E-state index is 6.94. The standard InChI is InChI=1S/C37H42B2O4/c1-34(2)35(3,4)41-38(40-34)32-28-23-26-21-15-16-22-27(26)31(28)29(24-17-11-9-12-18-24)33(30(32)25-19-13-10-14-20-25)39-42-36(5,6)37(7,8)43-39/h9-22,28,31H,23H2,1-8H3/t28-,31+/m1/s1. The van der Waals surface area contributed by atoms with Gasteiger partial charge in [0.05, 0.1) is 22.4 Å². The lowest BCUT2D eigenvalue weighted by Gasteiger charge is -2.38. The Balaban J connectivity index is 1.59. The predicted molar refractivity (Wildman–Crippen MR) is 175 cm³/mol. The van der Waals surface area contributed by atoms with Gasteiger partial charge in [0.1, 0.15) is 0 Å². The van der Waals surface area contributed by atoms with Crippen LogP contribution >= 0.6 is 0 Å². The highest BCUT2D eigenvalue weighted by atomic mass is 16.7. The van der Waals surface area contributed by atoms with E-state index in [4.69, 9.17) is 18.6 Å². The number of allylic oxidation sites excluding steroid dienone is 4. The summed E-state index contributed by atoms with van der Waals surface area (Å²) < 4.78 is 27.7. The van der Waals surface area contributed by atoms with Crippen LogP contribution in [0.1, 0.15) is 83.6 Å². The summed E-state index contributed by atoms with van der Waals surface area (Å²) in [6.07, 6.45) is 0.920. The van der Waals surface area contributed by atoms with Crippen LogP contribution in [-0.4, -0.2) is 36.6 Å². The van der Waals surface area contributed by atoms with E-state index in [2.05, 4.69) is 140 Å². The van der Waals surface area contributed by atoms with E-state index in [1.165, 1.54) is 27.7 Å². The zero-order valence-corrected chi connectivity index (χ0v) is 26.7. The van der Waals surface area contributed by atoms with E-state index < -0.39 is 36.6 Å². The van der Waals surface area contributed by atoms with E-state index in [1.807, 2.05) is 0 Å². The Morgan fingerprint density at radius 2 is 1.02 bits per heavy atom. The van der Waals surface area contributed by atoms with Crippen molar-refractivity contribution in [1.29, 1.82) is 0 Å². The third-order valence-electron chi connectivity index (χ3n) is 10.9. The maximum absolute atomic E-state index is 6.94. The lowest BCUT2D eigenvalue weighted by Crippen LogP contribution is -2.41. The molecule has 0 spiro atoms. The van der Waals surface area contributed by atoms with Crippen molar-refractivity contribution < 1.29 is 18.6 Å². The second-order valence-corrected chi connectivity index (χ2v) is 14.6. The molecule has 6 heteroatoms. The summed E-state index contributed by atoms with van der Waals surface area (Å²) in [5.74, 6) is 0.262. The van der Waals surface area contributed by atoms with Crippen LogP contribution in [0.4, 0.5) is 0 Å². The van der Waals surface area contributed by atoms with Crippen LogP contribution in [0, 0.1) is 5.92 Å². The predicted octanol–water partition coefficient (Wildman–Crippen LogP) is 8.13. The van der Waals surface area contributed by atoms with Gasteiger partial charge in [-0.1, -0.05) is 84.9 Å². The van der Waals surface area contributed by atoms with Crippen LogP contribution in [0.5, 0.6) is 0 Å². The number of benzene rings is 3. The first-order valence-electron chi connectivity index (χ1n) is 15.7. The normalized spacial score (nSPS) is 26.6. The lowest BCUT2D eigenvalue weighted by molar-refractivity contribution is 0.00578. The largest absolute Gasteiger partial charge is 0.495 e. The number of rotatable bonds is 4. The summed E-state index contributed by atoms with van der Waals surface area (Å²) in [5.41, 5.74) is 7.80. The summed E-state index contributed by atoms with van der Waals surface area (Å²) in [7, 11) is -1.07. The monoisotopic (exact) mass is 572 g/mol. The molecule has 2 aliphatic heterocycles. The van der Waals surface area contributed by atoms with Crippen molar-refractivity contribution in [2.45, 2.75) is 90.1 Å². The molecule has 2 aliphatic carbocycles. The highest BCUT2D eigenvalue weighted by molar-refractivity contribution is 6.64. The molecule has 2 fully saturated rings. The third-order valence-corrected chi connectivity index (χ3v) is 10.9. The molecule has 4 aliphatic rings. The topological polar surface area (TPSA) is 36.9 Å². The molecule has 0 aromatic heterocycles. The van der Waals surface area contributed by atoms with Gasteiger partial charge >= 0.3 is 14.2 Å². The molecular formula is C37H42B2O4. The van der Waals surface area contributed by atoms with E-state index in [0.29, 0.717) is 0 Å². The average molecular weight is 572 g/mol. The SMILES string of the molecule is CC1(C)OB(C2=C(c3ccccc3)[C@H]3c4ccccc4C[C@H]3C(B3OC(C)(C)C(C)(C)O3)=C2c2ccccc2)OC1(C)C. The Bertz CT molecular complexity index is 1590. The van der Waals surface area contributed by atoms with Crippen LogP contribution in [0.3, 0.4) is 0 Å². The minimum atomic E-state index is -0.568. The zero-order chi connectivity index (χ0) is 30.4. The molecular weight excluding hydrogens is 530 g/mol. The molecule has 0 unspecified atom stereocenters. The van der Waals surface area contributed by atoms with Gasteiger partial charge in [-0.2, -0.15) is 0 Å². The van der Waals surface area contributed by atoms with E-state index >= 15 is 0 Å². The second kappa shape index (κ2) is 9.81. The minimum Gasteiger partial charge on any atom is -0.400 e. The number of hydrogen-bond acceptors (Lipinski definition) is 4. The van der Waals surface area contributed by atoms with Gasteiger partial charge in [-0.25, -0.2) is 0 Å². The van der Waals surface area contributed by atoms with Gasteiger partial charge in [-0.05, 0) is 112 Å². The molecule has 0 amide bonds. The molecule has 0 bridgehead atoms. The fourth-order valence-corrected chi connectivity index (χ4v) is 7.23. The Morgan fingerprint density at radius 3 is 1.58 bits per heavy atom. The van der Waals surface area contributed by atoms with Crippen LogP contribution in [0.25, 0.3) is 11.1 Å². The molecule has 0 N–H and O–H groups in total. The van der Waals surface area contributed by atoms with Crippen LogP contribution in [0.2, 0.25) is 0 Å². The highest BCUT2D eigenvalue weighted by Gasteiger charge is 2.60. The zero-order valence-electron chi connectivity index (χ0n) is 26.7. The molecule has 43 heavy (non-hydrogen) atoms. The van der Waals surface area contributed by atoms with Crippen molar-refractivity contribution >= 4 is 25.4 Å². The van der Waals surface area contributed by atoms with Crippen molar-refractivity contribution in [3.8, 4) is 0 Å². The quantitative estimate of drug-likeness (QED) is 0.296. The Hall–Kier alpha value is -2.89. The summed E-state index contributed by atoms with van der Waals surface area (Å²) in [4.78, 5) is 0. The lowest BCUT2D eigenvalue weighted by atomic mass is 9.52. The first-order chi connectivity index (χ1) is 20.3. The van der Waals surface area contributed by atoms with Crippen molar-refractivity contribution in [3.05, 3.63) is 118 Å². The minimum absolute atomic E-state index is 0.106. The van der Waals surface area contributed by atoms with Crippen LogP contribution in [0.15, 0.2) is 95.9 Å². The summed E-state index contributed by atoms with van der Waals surface area (Å²) in [6.45, 7) is 17.1. The second-order valence-electron chi connectivity index (χ2n) is 14.6. The third kappa shape index (κ3) is 4.44. The van der Waals surface area contributed by atoms with Gasteiger partial charge < -0.3 is 18.6 Å². The van der Waals surface area contributed by atoms with Gasteiger partial charge in [0.15, 0.2) is 0 Å². The van der Waals surface area contributed by atoms with Gasteiger partial charge in [0.2, 0.25) is 0 Å². The molecule has 0 saturated carbocycles. The Morgan fingerprint density at radius 1 is 0.558 bits per heavy atom. The van der Waals surface area contributed by atoms with Crippen LogP contribution < -0.4 is 0 Å². The molecule has 0 radical (unpaired) electrons. The van der Waals surface area contributed by atoms with E-state index in [1.54, 1.807) is 0 Å². The molecule has 7 rings (SSSR count). The Labute approximate surface area is 257 Å². The summed E-state index contributed by atoms with van der Waals surface area (Å²) in [5, 5.41) is 0. The molecule has 2 heterocycles. The molecule has 3 aromatic carbocycles. The van der Waals surface area contributed by atoms with E-state index in [9.17, 15) is 0 Å². The Kier molecular flexibility index (Phi) is 6.58. The van der Waals surface area contributed by atoms with Crippen molar-refractivity contribution in [1.82, 2.24) is 0 Å². The molecule has 3 aromatic rings. The number of hydrogen-bond donors (Lipinski definition) is 0. The van der Waals surface area contributed by atoms with Crippen molar-refractivity contribution in [2.24, 2.45) is 5.92 Å². The molecule has 220 valence electrons. The maximum Gasteiger partial charge on any atom is 0.495 e. The molecule has 2 atom stereocenters. The number of fused-ring (bicyclic) bond motifs is 3. The summed E-state index contributed by atoms with van der Waals surface area (Å²) >= 11 is 0. The first kappa shape index (κ1) is 28.9. The fourth-order valence-electron chi connectivity index (χ4n) is 7.23. The average Bonchev–Trinajstić information content (AvgIpc) is 3.52. The van der Waals surface area contributed by atoms with Gasteiger partial charge in [0, 0.05) is 5.92 Å². The van der Waals surface area contributed by atoms with Gasteiger partial charge in [0.25, 0.3) is 0 Å². The molecule has 4 nitrogen and oxygen atoms in total. The van der Waals surface area contributed by atoms with Gasteiger partial charge in [-0.15, -0.1) is 0 Å². The fraction of sp³-hybridized carbons (Fsp3) is 0.405. The molecule has 2 saturated heterocycles. The van der Waals surface area contributed by atoms with Crippen molar-refractivity contribution in [2.75, 3.05) is 0 Å². The highest BCUT2D eigenvalue weighted by Crippen LogP contribution is 2.60. The van der Waals surface area contributed by atoms with Crippen molar-refractivity contribution in [3.63, 3.8) is 0 Å². The van der Waals surface area contributed by atoms with Crippen LogP contribution in [-0.2, 0) is 25.0 Å². The van der Waals surface area contributed by atoms with E-state index in [-0.39, 0.29) is 11.8 Å². The first-order valence-corrected chi connectivity index (χ1v) is 15.7. The smallest absolute Gasteiger partial charge is 0.400 e. The van der Waals surface area contributed by atoms with Gasteiger partial charge in [-0.3, -0.25) is 0 Å². The summed E-state index contributed by atoms with van der Waals surface area (Å²) in [6, 6.07) is 30.5.